The molecule has 0 amide bonds. The number of sulfonamides is 1. The van der Waals surface area contributed by atoms with Crippen LogP contribution >= 0.6 is 0 Å². The van der Waals surface area contributed by atoms with Crippen LogP contribution in [0.2, 0.25) is 0 Å². The first-order chi connectivity index (χ1) is 6.04. The topological polar surface area (TPSA) is 60.2 Å². The van der Waals surface area contributed by atoms with Crippen LogP contribution in [-0.4, -0.2) is 13.7 Å². The summed E-state index contributed by atoms with van der Waals surface area (Å²) in [6, 6.07) is 0. The van der Waals surface area contributed by atoms with E-state index in [1.165, 1.54) is 12.8 Å². The summed E-state index contributed by atoms with van der Waals surface area (Å²) in [5.41, 5.74) is 0. The minimum atomic E-state index is -3.34. The monoisotopic (exact) mass is 203 g/mol. The molecule has 1 saturated carbocycles. The van der Waals surface area contributed by atoms with Crippen molar-refractivity contribution in [3.63, 3.8) is 0 Å². The molecule has 13 heavy (non-hydrogen) atoms. The maximum atomic E-state index is 11.1. The quantitative estimate of drug-likeness (QED) is 0.663. The van der Waals surface area contributed by atoms with Crippen LogP contribution in [0.25, 0.3) is 0 Å². The van der Waals surface area contributed by atoms with E-state index >= 15 is 0 Å². The van der Waals surface area contributed by atoms with Crippen molar-refractivity contribution in [2.24, 2.45) is 11.1 Å². The Morgan fingerprint density at radius 3 is 2.54 bits per heavy atom. The molecule has 1 aliphatic rings. The van der Waals surface area contributed by atoms with Gasteiger partial charge in [0.1, 0.15) is 0 Å². The SMILES string of the molecule is C=CCC[C@@H](CC1CC1)S(N)(=O)=O. The summed E-state index contributed by atoms with van der Waals surface area (Å²) < 4.78 is 22.3. The third-order valence-corrected chi connectivity index (χ3v) is 3.81. The minimum absolute atomic E-state index is 0.349. The van der Waals surface area contributed by atoms with Crippen molar-refractivity contribution in [1.29, 1.82) is 0 Å². The molecule has 0 aromatic heterocycles. The lowest BCUT2D eigenvalue weighted by Gasteiger charge is -2.12. The maximum Gasteiger partial charge on any atom is 0.211 e. The van der Waals surface area contributed by atoms with Crippen LogP contribution < -0.4 is 5.14 Å². The van der Waals surface area contributed by atoms with E-state index in [1.54, 1.807) is 6.08 Å². The normalized spacial score (nSPS) is 19.8. The van der Waals surface area contributed by atoms with Gasteiger partial charge in [-0.25, -0.2) is 13.6 Å². The van der Waals surface area contributed by atoms with Crippen LogP contribution in [0.4, 0.5) is 0 Å². The van der Waals surface area contributed by atoms with Gasteiger partial charge in [-0.3, -0.25) is 0 Å². The van der Waals surface area contributed by atoms with Crippen molar-refractivity contribution in [1.82, 2.24) is 0 Å². The Hall–Kier alpha value is -0.350. The number of primary sulfonamides is 1. The van der Waals surface area contributed by atoms with Gasteiger partial charge < -0.3 is 0 Å². The van der Waals surface area contributed by atoms with Gasteiger partial charge >= 0.3 is 0 Å². The van der Waals surface area contributed by atoms with Gasteiger partial charge in [0.05, 0.1) is 5.25 Å². The van der Waals surface area contributed by atoms with Gasteiger partial charge in [0.25, 0.3) is 0 Å². The van der Waals surface area contributed by atoms with Crippen molar-refractivity contribution in [3.05, 3.63) is 12.7 Å². The predicted octanol–water partition coefficient (Wildman–Crippen LogP) is 1.41. The molecule has 1 rings (SSSR count). The molecule has 0 aliphatic heterocycles. The average molecular weight is 203 g/mol. The first kappa shape index (κ1) is 10.7. The van der Waals surface area contributed by atoms with Gasteiger partial charge in [-0.15, -0.1) is 6.58 Å². The summed E-state index contributed by atoms with van der Waals surface area (Å²) in [5, 5.41) is 4.79. The van der Waals surface area contributed by atoms with Crippen molar-refractivity contribution in [3.8, 4) is 0 Å². The summed E-state index contributed by atoms with van der Waals surface area (Å²) in [6.45, 7) is 3.57. The molecule has 0 saturated heterocycles. The van der Waals surface area contributed by atoms with E-state index in [0.717, 1.165) is 12.8 Å². The van der Waals surface area contributed by atoms with Crippen LogP contribution in [0.15, 0.2) is 12.7 Å². The molecule has 0 radical (unpaired) electrons. The highest BCUT2D eigenvalue weighted by Crippen LogP contribution is 2.35. The summed E-state index contributed by atoms with van der Waals surface area (Å²) in [6.07, 6.45) is 6.17. The van der Waals surface area contributed by atoms with E-state index in [4.69, 9.17) is 5.14 Å². The number of hydrogen-bond acceptors (Lipinski definition) is 2. The first-order valence-corrected chi connectivity index (χ1v) is 6.27. The predicted molar refractivity (Wildman–Crippen MR) is 53.7 cm³/mol. The Morgan fingerprint density at radius 1 is 1.54 bits per heavy atom. The number of nitrogens with two attached hydrogens (primary N) is 1. The standard InChI is InChI=1S/C9H17NO2S/c1-2-3-4-9(13(10,11)12)7-8-5-6-8/h2,8-9H,1,3-7H2,(H2,10,11,12)/t9-/m0/s1. The Morgan fingerprint density at radius 2 is 2.15 bits per heavy atom. The third-order valence-electron chi connectivity index (χ3n) is 2.45. The Bertz CT molecular complexity index is 267. The van der Waals surface area contributed by atoms with E-state index in [0.29, 0.717) is 12.3 Å². The van der Waals surface area contributed by atoms with E-state index < -0.39 is 10.0 Å². The second-order valence-corrected chi connectivity index (χ2v) is 5.60. The lowest BCUT2D eigenvalue weighted by atomic mass is 10.1. The van der Waals surface area contributed by atoms with Crippen LogP contribution in [0.5, 0.6) is 0 Å². The molecule has 4 heteroatoms. The van der Waals surface area contributed by atoms with E-state index in [2.05, 4.69) is 6.58 Å². The molecule has 1 aliphatic carbocycles. The highest BCUT2D eigenvalue weighted by Gasteiger charge is 2.30. The molecule has 2 N–H and O–H groups in total. The van der Waals surface area contributed by atoms with E-state index in [9.17, 15) is 8.42 Å². The van der Waals surface area contributed by atoms with Crippen LogP contribution in [0.1, 0.15) is 32.1 Å². The van der Waals surface area contributed by atoms with E-state index in [1.807, 2.05) is 0 Å². The zero-order chi connectivity index (χ0) is 9.90. The molecule has 76 valence electrons. The molecule has 1 atom stereocenters. The van der Waals surface area contributed by atoms with Gasteiger partial charge in [0.2, 0.25) is 10.0 Å². The van der Waals surface area contributed by atoms with Gasteiger partial charge in [-0.2, -0.15) is 0 Å². The van der Waals surface area contributed by atoms with Crippen molar-refractivity contribution < 1.29 is 8.42 Å². The number of allylic oxidation sites excluding steroid dienone is 1. The van der Waals surface area contributed by atoms with Crippen molar-refractivity contribution in [2.45, 2.75) is 37.4 Å². The summed E-state index contributed by atoms with van der Waals surface area (Å²) in [7, 11) is -3.34. The highest BCUT2D eigenvalue weighted by atomic mass is 32.2. The lowest BCUT2D eigenvalue weighted by molar-refractivity contribution is 0.550. The molecule has 0 bridgehead atoms. The highest BCUT2D eigenvalue weighted by molar-refractivity contribution is 7.89. The van der Waals surface area contributed by atoms with Crippen molar-refractivity contribution >= 4 is 10.0 Å². The van der Waals surface area contributed by atoms with Crippen LogP contribution in [-0.2, 0) is 10.0 Å². The first-order valence-electron chi connectivity index (χ1n) is 4.66. The molecule has 0 aromatic rings. The lowest BCUT2D eigenvalue weighted by Crippen LogP contribution is -2.28. The summed E-state index contributed by atoms with van der Waals surface area (Å²) >= 11 is 0. The summed E-state index contributed by atoms with van der Waals surface area (Å²) in [5.74, 6) is 0.605. The van der Waals surface area contributed by atoms with Gasteiger partial charge in [-0.05, 0) is 25.2 Å². The summed E-state index contributed by atoms with van der Waals surface area (Å²) in [4.78, 5) is 0. The zero-order valence-electron chi connectivity index (χ0n) is 7.78. The van der Waals surface area contributed by atoms with E-state index in [-0.39, 0.29) is 5.25 Å². The average Bonchev–Trinajstić information content (AvgIpc) is 2.78. The molecule has 0 aromatic carbocycles. The maximum absolute atomic E-state index is 11.1. The Balaban J connectivity index is 2.46. The Kier molecular flexibility index (Phi) is 3.50. The fourth-order valence-electron chi connectivity index (χ4n) is 1.45. The van der Waals surface area contributed by atoms with Gasteiger partial charge in [0, 0.05) is 0 Å². The zero-order valence-corrected chi connectivity index (χ0v) is 8.59. The molecule has 1 fully saturated rings. The molecular formula is C9H17NO2S. The smallest absolute Gasteiger partial charge is 0.211 e. The molecule has 0 spiro atoms. The van der Waals surface area contributed by atoms with Crippen LogP contribution in [0, 0.1) is 5.92 Å². The third kappa shape index (κ3) is 3.91. The van der Waals surface area contributed by atoms with Gasteiger partial charge in [-0.1, -0.05) is 18.9 Å². The van der Waals surface area contributed by atoms with Crippen molar-refractivity contribution in [2.75, 3.05) is 0 Å². The fraction of sp³-hybridized carbons (Fsp3) is 0.778. The fourth-order valence-corrected chi connectivity index (χ4v) is 2.45. The molecule has 0 heterocycles. The Labute approximate surface area is 80.1 Å². The van der Waals surface area contributed by atoms with Crippen LogP contribution in [0.3, 0.4) is 0 Å². The number of hydrogen-bond donors (Lipinski definition) is 1. The molecule has 3 nitrogen and oxygen atoms in total. The molecular weight excluding hydrogens is 186 g/mol. The second-order valence-electron chi connectivity index (χ2n) is 3.76. The molecule has 0 unspecified atom stereocenters. The second kappa shape index (κ2) is 4.24. The largest absolute Gasteiger partial charge is 0.228 e. The minimum Gasteiger partial charge on any atom is -0.228 e. The van der Waals surface area contributed by atoms with Gasteiger partial charge in [0.15, 0.2) is 0 Å². The number of rotatable bonds is 6.